The summed E-state index contributed by atoms with van der Waals surface area (Å²) in [5, 5.41) is 0. The van der Waals surface area contributed by atoms with E-state index in [1.807, 2.05) is 26.0 Å². The number of halogens is 2. The molecule has 2 nitrogen and oxygen atoms in total. The van der Waals surface area contributed by atoms with Gasteiger partial charge in [-0.05, 0) is 43.7 Å². The molecule has 1 aromatic carbocycles. The molecule has 4 heteroatoms. The molecule has 1 aromatic heterocycles. The average Bonchev–Trinajstić information content (AvgIpc) is 2.26. The maximum absolute atomic E-state index is 13.3. The van der Waals surface area contributed by atoms with Crippen LogP contribution in [0, 0.1) is 19.7 Å². The second-order valence-corrected chi connectivity index (χ2v) is 4.24. The zero-order valence-electron chi connectivity index (χ0n) is 9.67. The molecule has 0 aliphatic carbocycles. The van der Waals surface area contributed by atoms with Crippen LogP contribution in [0.15, 0.2) is 24.3 Å². The normalized spacial score (nSPS) is 10.6. The van der Waals surface area contributed by atoms with Crippen molar-refractivity contribution in [3.8, 4) is 11.4 Å². The van der Waals surface area contributed by atoms with Gasteiger partial charge in [-0.3, -0.25) is 0 Å². The number of hydrogen-bond donors (Lipinski definition) is 0. The summed E-state index contributed by atoms with van der Waals surface area (Å²) in [6.07, 6.45) is 0. The Morgan fingerprint density at radius 3 is 2.53 bits per heavy atom. The minimum Gasteiger partial charge on any atom is -0.233 e. The van der Waals surface area contributed by atoms with Gasteiger partial charge < -0.3 is 0 Å². The van der Waals surface area contributed by atoms with Crippen molar-refractivity contribution >= 4 is 11.6 Å². The van der Waals surface area contributed by atoms with Gasteiger partial charge in [0.2, 0.25) is 0 Å². The Morgan fingerprint density at radius 2 is 1.88 bits per heavy atom. The quantitative estimate of drug-likeness (QED) is 0.761. The number of alkyl halides is 1. The Bertz CT molecular complexity index is 535. The van der Waals surface area contributed by atoms with E-state index >= 15 is 0 Å². The van der Waals surface area contributed by atoms with Crippen molar-refractivity contribution in [1.29, 1.82) is 0 Å². The number of benzene rings is 1. The third kappa shape index (κ3) is 2.80. The van der Waals surface area contributed by atoms with Gasteiger partial charge in [-0.25, -0.2) is 14.4 Å². The van der Waals surface area contributed by atoms with Gasteiger partial charge in [-0.2, -0.15) is 0 Å². The average molecular weight is 251 g/mol. The second kappa shape index (κ2) is 4.80. The maximum atomic E-state index is 13.3. The van der Waals surface area contributed by atoms with Crippen LogP contribution in [0.25, 0.3) is 11.4 Å². The molecule has 0 spiro atoms. The monoisotopic (exact) mass is 250 g/mol. The standard InChI is InChI=1S/C13H12ClFN2/c1-8-3-10(6-11(15)4-8)13-16-9(2)5-12(7-14)17-13/h3-6H,7H2,1-2H3. The molecule has 0 bridgehead atoms. The molecule has 0 N–H and O–H groups in total. The fraction of sp³-hybridized carbons (Fsp3) is 0.231. The molecule has 2 rings (SSSR count). The third-order valence-electron chi connectivity index (χ3n) is 2.34. The Balaban J connectivity index is 2.55. The molecule has 0 saturated heterocycles. The maximum Gasteiger partial charge on any atom is 0.159 e. The third-order valence-corrected chi connectivity index (χ3v) is 2.62. The first-order chi connectivity index (χ1) is 8.08. The number of aryl methyl sites for hydroxylation is 2. The van der Waals surface area contributed by atoms with Crippen LogP contribution >= 0.6 is 11.6 Å². The molecule has 0 saturated carbocycles. The van der Waals surface area contributed by atoms with Crippen molar-refractivity contribution in [2.75, 3.05) is 0 Å². The van der Waals surface area contributed by atoms with Crippen molar-refractivity contribution in [1.82, 2.24) is 9.97 Å². The summed E-state index contributed by atoms with van der Waals surface area (Å²) < 4.78 is 13.3. The summed E-state index contributed by atoms with van der Waals surface area (Å²) in [4.78, 5) is 8.59. The van der Waals surface area contributed by atoms with Crippen LogP contribution in [0.4, 0.5) is 4.39 Å². The largest absolute Gasteiger partial charge is 0.233 e. The fourth-order valence-corrected chi connectivity index (χ4v) is 1.83. The first kappa shape index (κ1) is 12.0. The summed E-state index contributed by atoms with van der Waals surface area (Å²) in [5.74, 6) is 0.561. The number of hydrogen-bond acceptors (Lipinski definition) is 2. The van der Waals surface area contributed by atoms with E-state index in [1.54, 1.807) is 0 Å². The SMILES string of the molecule is Cc1cc(F)cc(-c2nc(C)cc(CCl)n2)c1. The lowest BCUT2D eigenvalue weighted by Gasteiger charge is -2.05. The summed E-state index contributed by atoms with van der Waals surface area (Å²) in [7, 11) is 0. The molecule has 1 heterocycles. The Kier molecular flexibility index (Phi) is 3.38. The lowest BCUT2D eigenvalue weighted by molar-refractivity contribution is 0.627. The molecule has 0 radical (unpaired) electrons. The van der Waals surface area contributed by atoms with Crippen LogP contribution in [0.1, 0.15) is 17.0 Å². The van der Waals surface area contributed by atoms with Crippen LogP contribution in [0.5, 0.6) is 0 Å². The lowest BCUT2D eigenvalue weighted by Crippen LogP contribution is -1.97. The first-order valence-corrected chi connectivity index (χ1v) is 5.80. The van der Waals surface area contributed by atoms with Crippen molar-refractivity contribution in [3.63, 3.8) is 0 Å². The fourth-order valence-electron chi connectivity index (χ4n) is 1.70. The van der Waals surface area contributed by atoms with Crippen LogP contribution in [-0.2, 0) is 5.88 Å². The number of rotatable bonds is 2. The van der Waals surface area contributed by atoms with Crippen molar-refractivity contribution < 1.29 is 4.39 Å². The summed E-state index contributed by atoms with van der Waals surface area (Å²) >= 11 is 5.76. The van der Waals surface area contributed by atoms with Crippen LogP contribution < -0.4 is 0 Å². The minimum absolute atomic E-state index is 0.280. The number of nitrogens with zero attached hydrogens (tertiary/aromatic N) is 2. The van der Waals surface area contributed by atoms with Crippen LogP contribution in [0.3, 0.4) is 0 Å². The van der Waals surface area contributed by atoms with E-state index in [9.17, 15) is 4.39 Å². The Labute approximate surface area is 104 Å². The highest BCUT2D eigenvalue weighted by Crippen LogP contribution is 2.19. The van der Waals surface area contributed by atoms with Gasteiger partial charge in [0.15, 0.2) is 5.82 Å². The summed E-state index contributed by atoms with van der Waals surface area (Å²) in [5.41, 5.74) is 3.10. The van der Waals surface area contributed by atoms with Gasteiger partial charge in [0.25, 0.3) is 0 Å². The zero-order chi connectivity index (χ0) is 12.4. The molecule has 0 fully saturated rings. The molecule has 0 aliphatic heterocycles. The van der Waals surface area contributed by atoms with Crippen molar-refractivity contribution in [3.05, 3.63) is 47.0 Å². The molecule has 88 valence electrons. The first-order valence-electron chi connectivity index (χ1n) is 5.26. The van der Waals surface area contributed by atoms with Gasteiger partial charge >= 0.3 is 0 Å². The predicted molar refractivity (Wildman–Crippen MR) is 66.5 cm³/mol. The van der Waals surface area contributed by atoms with E-state index in [-0.39, 0.29) is 5.82 Å². The van der Waals surface area contributed by atoms with E-state index in [2.05, 4.69) is 9.97 Å². The lowest BCUT2D eigenvalue weighted by atomic mass is 10.1. The molecular formula is C13H12ClFN2. The van der Waals surface area contributed by atoms with Gasteiger partial charge in [0, 0.05) is 11.3 Å². The van der Waals surface area contributed by atoms with E-state index < -0.39 is 0 Å². The van der Waals surface area contributed by atoms with Gasteiger partial charge in [-0.15, -0.1) is 11.6 Å². The van der Waals surface area contributed by atoms with Gasteiger partial charge in [-0.1, -0.05) is 0 Å². The Morgan fingerprint density at radius 1 is 1.12 bits per heavy atom. The molecule has 2 aromatic rings. The van der Waals surface area contributed by atoms with Crippen LogP contribution in [0.2, 0.25) is 0 Å². The topological polar surface area (TPSA) is 25.8 Å². The Hall–Kier alpha value is -1.48. The highest BCUT2D eigenvalue weighted by molar-refractivity contribution is 6.16. The zero-order valence-corrected chi connectivity index (χ0v) is 10.4. The van der Waals surface area contributed by atoms with E-state index in [0.717, 1.165) is 17.0 Å². The minimum atomic E-state index is -0.280. The van der Waals surface area contributed by atoms with Crippen LogP contribution in [-0.4, -0.2) is 9.97 Å². The van der Waals surface area contributed by atoms with E-state index in [1.165, 1.54) is 12.1 Å². The van der Waals surface area contributed by atoms with Gasteiger partial charge in [0.1, 0.15) is 5.82 Å². The van der Waals surface area contributed by atoms with E-state index in [0.29, 0.717) is 17.3 Å². The second-order valence-electron chi connectivity index (χ2n) is 3.98. The molecule has 0 aliphatic rings. The summed E-state index contributed by atoms with van der Waals surface area (Å²) in [6.45, 7) is 3.71. The molecule has 17 heavy (non-hydrogen) atoms. The molecule has 0 amide bonds. The molecular weight excluding hydrogens is 239 g/mol. The van der Waals surface area contributed by atoms with E-state index in [4.69, 9.17) is 11.6 Å². The van der Waals surface area contributed by atoms with Crippen molar-refractivity contribution in [2.45, 2.75) is 19.7 Å². The highest BCUT2D eigenvalue weighted by atomic mass is 35.5. The summed E-state index contributed by atoms with van der Waals surface area (Å²) in [6, 6.07) is 6.58. The van der Waals surface area contributed by atoms with Crippen molar-refractivity contribution in [2.24, 2.45) is 0 Å². The molecule has 0 atom stereocenters. The molecule has 0 unspecified atom stereocenters. The highest BCUT2D eigenvalue weighted by Gasteiger charge is 2.06. The number of aromatic nitrogens is 2. The predicted octanol–water partition coefficient (Wildman–Crippen LogP) is 3.64. The van der Waals surface area contributed by atoms with Gasteiger partial charge in [0.05, 0.1) is 11.6 Å². The smallest absolute Gasteiger partial charge is 0.159 e.